The minimum Gasteiger partial charge on any atom is -0.492 e. The summed E-state index contributed by atoms with van der Waals surface area (Å²) >= 11 is 2.15. The number of amides is 1. The fraction of sp³-hybridized carbons (Fsp3) is 0.136. The first-order valence-electron chi connectivity index (χ1n) is 8.49. The van der Waals surface area contributed by atoms with Crippen LogP contribution in [0.4, 0.5) is 5.69 Å². The Bertz CT molecular complexity index is 942. The number of carbonyl (C=O) groups is 1. The molecule has 27 heavy (non-hydrogen) atoms. The third kappa shape index (κ3) is 4.80. The lowest BCUT2D eigenvalue weighted by Crippen LogP contribution is -2.13. The van der Waals surface area contributed by atoms with Crippen LogP contribution in [0.15, 0.2) is 66.7 Å². The second-order valence-electron chi connectivity index (χ2n) is 6.03. The van der Waals surface area contributed by atoms with E-state index in [1.807, 2.05) is 61.5 Å². The van der Waals surface area contributed by atoms with Gasteiger partial charge in [-0.3, -0.25) is 4.79 Å². The summed E-state index contributed by atoms with van der Waals surface area (Å²) in [4.78, 5) is 12.7. The van der Waals surface area contributed by atoms with Crippen LogP contribution in [0.5, 0.6) is 11.5 Å². The Morgan fingerprint density at radius 1 is 1.04 bits per heavy atom. The van der Waals surface area contributed by atoms with Gasteiger partial charge in [0.05, 0.1) is 10.7 Å². The van der Waals surface area contributed by atoms with Gasteiger partial charge >= 0.3 is 0 Å². The molecule has 0 aliphatic heterocycles. The van der Waals surface area contributed by atoms with Crippen molar-refractivity contribution in [3.63, 3.8) is 0 Å². The number of rotatable bonds is 6. The van der Waals surface area contributed by atoms with Crippen LogP contribution in [0.3, 0.4) is 0 Å². The van der Waals surface area contributed by atoms with Crippen molar-refractivity contribution in [2.24, 2.45) is 0 Å². The maximum atomic E-state index is 12.7. The van der Waals surface area contributed by atoms with Gasteiger partial charge in [-0.1, -0.05) is 48.5 Å². The first-order chi connectivity index (χ1) is 13.1. The van der Waals surface area contributed by atoms with E-state index in [1.165, 1.54) is 0 Å². The average Bonchev–Trinajstić information content (AvgIpc) is 2.68. The van der Waals surface area contributed by atoms with Crippen LogP contribution in [0.25, 0.3) is 0 Å². The lowest BCUT2D eigenvalue weighted by atomic mass is 10.1. The van der Waals surface area contributed by atoms with Gasteiger partial charge in [0, 0.05) is 11.3 Å². The van der Waals surface area contributed by atoms with Crippen LogP contribution in [0, 0.1) is 10.5 Å². The standard InChI is InChI=1S/C22H20INO3/c1-15-8-6-7-11-19(15)24-22(25)17-12-18(23)21(26-2)20(13-17)27-14-16-9-4-3-5-10-16/h3-13H,14H2,1-2H3,(H,24,25). The molecule has 4 nitrogen and oxygen atoms in total. The summed E-state index contributed by atoms with van der Waals surface area (Å²) in [6.45, 7) is 2.36. The van der Waals surface area contributed by atoms with E-state index >= 15 is 0 Å². The molecule has 0 aromatic heterocycles. The van der Waals surface area contributed by atoms with Crippen LogP contribution in [-0.2, 0) is 6.61 Å². The Morgan fingerprint density at radius 2 is 1.74 bits per heavy atom. The Balaban J connectivity index is 1.84. The summed E-state index contributed by atoms with van der Waals surface area (Å²) in [5.74, 6) is 0.983. The zero-order valence-electron chi connectivity index (χ0n) is 15.2. The number of para-hydroxylation sites is 1. The molecule has 0 aliphatic rings. The van der Waals surface area contributed by atoms with Crippen molar-refractivity contribution in [1.82, 2.24) is 0 Å². The molecular weight excluding hydrogens is 453 g/mol. The van der Waals surface area contributed by atoms with E-state index in [2.05, 4.69) is 27.9 Å². The van der Waals surface area contributed by atoms with Crippen molar-refractivity contribution in [1.29, 1.82) is 0 Å². The molecule has 0 radical (unpaired) electrons. The fourth-order valence-corrected chi connectivity index (χ4v) is 3.47. The minimum absolute atomic E-state index is 0.186. The molecule has 3 aromatic rings. The van der Waals surface area contributed by atoms with Crippen LogP contribution in [0.2, 0.25) is 0 Å². The maximum Gasteiger partial charge on any atom is 0.255 e. The smallest absolute Gasteiger partial charge is 0.255 e. The van der Waals surface area contributed by atoms with Crippen LogP contribution in [-0.4, -0.2) is 13.0 Å². The monoisotopic (exact) mass is 473 g/mol. The molecule has 0 spiro atoms. The average molecular weight is 473 g/mol. The highest BCUT2D eigenvalue weighted by atomic mass is 127. The molecular formula is C22H20INO3. The van der Waals surface area contributed by atoms with Gasteiger partial charge in [-0.2, -0.15) is 0 Å². The third-order valence-electron chi connectivity index (χ3n) is 4.11. The molecule has 3 rings (SSSR count). The maximum absolute atomic E-state index is 12.7. The van der Waals surface area contributed by atoms with Crippen molar-refractivity contribution < 1.29 is 14.3 Å². The second-order valence-corrected chi connectivity index (χ2v) is 7.19. The molecule has 0 aliphatic carbocycles. The summed E-state index contributed by atoms with van der Waals surface area (Å²) in [5.41, 5.74) is 3.37. The molecule has 1 amide bonds. The van der Waals surface area contributed by atoms with Gasteiger partial charge in [0.2, 0.25) is 0 Å². The predicted molar refractivity (Wildman–Crippen MR) is 116 cm³/mol. The summed E-state index contributed by atoms with van der Waals surface area (Å²) in [7, 11) is 1.60. The van der Waals surface area contributed by atoms with Gasteiger partial charge in [-0.05, 0) is 58.8 Å². The molecule has 0 atom stereocenters. The summed E-state index contributed by atoms with van der Waals surface area (Å²) in [6.07, 6.45) is 0. The fourth-order valence-electron chi connectivity index (χ4n) is 2.65. The number of anilines is 1. The van der Waals surface area contributed by atoms with Crippen molar-refractivity contribution in [2.45, 2.75) is 13.5 Å². The van der Waals surface area contributed by atoms with E-state index < -0.39 is 0 Å². The minimum atomic E-state index is -0.186. The van der Waals surface area contributed by atoms with Gasteiger partial charge in [-0.25, -0.2) is 0 Å². The highest BCUT2D eigenvalue weighted by Crippen LogP contribution is 2.34. The molecule has 0 saturated heterocycles. The van der Waals surface area contributed by atoms with E-state index in [0.29, 0.717) is 23.7 Å². The molecule has 5 heteroatoms. The highest BCUT2D eigenvalue weighted by Gasteiger charge is 2.16. The van der Waals surface area contributed by atoms with Gasteiger partial charge in [-0.15, -0.1) is 0 Å². The molecule has 138 valence electrons. The number of methoxy groups -OCH3 is 1. The number of hydrogen-bond acceptors (Lipinski definition) is 3. The van der Waals surface area contributed by atoms with Gasteiger partial charge in [0.1, 0.15) is 6.61 Å². The quantitative estimate of drug-likeness (QED) is 0.486. The highest BCUT2D eigenvalue weighted by molar-refractivity contribution is 14.1. The van der Waals surface area contributed by atoms with E-state index in [1.54, 1.807) is 19.2 Å². The number of carbonyl (C=O) groups excluding carboxylic acids is 1. The third-order valence-corrected chi connectivity index (χ3v) is 4.91. The topological polar surface area (TPSA) is 47.6 Å². The SMILES string of the molecule is COc1c(I)cc(C(=O)Nc2ccccc2C)cc1OCc1ccccc1. The molecule has 0 bridgehead atoms. The number of aryl methyl sites for hydroxylation is 1. The molecule has 1 N–H and O–H groups in total. The molecule has 0 fully saturated rings. The first-order valence-corrected chi connectivity index (χ1v) is 9.57. The van der Waals surface area contributed by atoms with Gasteiger partial charge < -0.3 is 14.8 Å². The molecule has 3 aromatic carbocycles. The Labute approximate surface area is 172 Å². The Hall–Kier alpha value is -2.54. The molecule has 0 heterocycles. The zero-order chi connectivity index (χ0) is 19.2. The largest absolute Gasteiger partial charge is 0.492 e. The van der Waals surface area contributed by atoms with Crippen LogP contribution >= 0.6 is 22.6 Å². The lowest BCUT2D eigenvalue weighted by Gasteiger charge is -2.15. The Morgan fingerprint density at radius 3 is 2.44 bits per heavy atom. The zero-order valence-corrected chi connectivity index (χ0v) is 17.3. The summed E-state index contributed by atoms with van der Waals surface area (Å²) in [6, 6.07) is 21.1. The van der Waals surface area contributed by atoms with Crippen molar-refractivity contribution >= 4 is 34.2 Å². The van der Waals surface area contributed by atoms with Crippen molar-refractivity contribution in [2.75, 3.05) is 12.4 Å². The number of halogens is 1. The van der Waals surface area contributed by atoms with Crippen LogP contribution < -0.4 is 14.8 Å². The van der Waals surface area contributed by atoms with Crippen molar-refractivity contribution in [3.8, 4) is 11.5 Å². The number of benzene rings is 3. The lowest BCUT2D eigenvalue weighted by molar-refractivity contribution is 0.102. The summed E-state index contributed by atoms with van der Waals surface area (Å²) < 4.78 is 12.2. The van der Waals surface area contributed by atoms with Crippen molar-refractivity contribution in [3.05, 3.63) is 87.0 Å². The number of nitrogens with one attached hydrogen (secondary N) is 1. The van der Waals surface area contributed by atoms with E-state index in [9.17, 15) is 4.79 Å². The Kier molecular flexibility index (Phi) is 6.34. The van der Waals surface area contributed by atoms with E-state index in [4.69, 9.17) is 9.47 Å². The first kappa shape index (κ1) is 19.2. The number of hydrogen-bond donors (Lipinski definition) is 1. The van der Waals surface area contributed by atoms with Gasteiger partial charge in [0.15, 0.2) is 11.5 Å². The number of ether oxygens (including phenoxy) is 2. The summed E-state index contributed by atoms with van der Waals surface area (Å²) in [5, 5.41) is 2.95. The van der Waals surface area contributed by atoms with Crippen LogP contribution in [0.1, 0.15) is 21.5 Å². The normalized spacial score (nSPS) is 10.3. The molecule has 0 unspecified atom stereocenters. The van der Waals surface area contributed by atoms with E-state index in [-0.39, 0.29) is 5.91 Å². The predicted octanol–water partition coefficient (Wildman–Crippen LogP) is 5.44. The second kappa shape index (κ2) is 8.90. The molecule has 0 saturated carbocycles. The van der Waals surface area contributed by atoms with E-state index in [0.717, 1.165) is 20.4 Å². The van der Waals surface area contributed by atoms with Gasteiger partial charge in [0.25, 0.3) is 5.91 Å².